The van der Waals surface area contributed by atoms with E-state index in [0.29, 0.717) is 0 Å². The van der Waals surface area contributed by atoms with Gasteiger partial charge in [0.2, 0.25) is 0 Å². The van der Waals surface area contributed by atoms with Crippen LogP contribution in [0, 0.1) is 12.3 Å². The van der Waals surface area contributed by atoms with Crippen LogP contribution in [0.3, 0.4) is 0 Å². The van der Waals surface area contributed by atoms with Crippen molar-refractivity contribution in [1.82, 2.24) is 0 Å². The standard InChI is InChI=1S/C14H19NO2/c1-4-5-6-7-13(15)12-10-11(16-2)8-9-14(12)17-3/h1,8-10,13H,5-7,15H2,2-3H3. The largest absolute Gasteiger partial charge is 0.497 e. The van der Waals surface area contributed by atoms with Crippen molar-refractivity contribution in [3.63, 3.8) is 0 Å². The van der Waals surface area contributed by atoms with Crippen molar-refractivity contribution in [2.45, 2.75) is 25.3 Å². The van der Waals surface area contributed by atoms with Gasteiger partial charge in [0.05, 0.1) is 14.2 Å². The monoisotopic (exact) mass is 233 g/mol. The van der Waals surface area contributed by atoms with Crippen molar-refractivity contribution in [2.24, 2.45) is 5.73 Å². The molecule has 3 heteroatoms. The molecule has 1 aromatic carbocycles. The van der Waals surface area contributed by atoms with E-state index in [1.54, 1.807) is 14.2 Å². The van der Waals surface area contributed by atoms with Crippen LogP contribution in [-0.2, 0) is 0 Å². The molecule has 92 valence electrons. The lowest BCUT2D eigenvalue weighted by atomic mass is 10.0. The van der Waals surface area contributed by atoms with Crippen LogP contribution in [0.2, 0.25) is 0 Å². The minimum absolute atomic E-state index is 0.0756. The van der Waals surface area contributed by atoms with Gasteiger partial charge in [0.15, 0.2) is 0 Å². The van der Waals surface area contributed by atoms with Crippen LogP contribution in [0.4, 0.5) is 0 Å². The molecule has 0 heterocycles. The highest BCUT2D eigenvalue weighted by atomic mass is 16.5. The normalized spacial score (nSPS) is 11.6. The molecule has 0 fully saturated rings. The molecule has 0 aliphatic carbocycles. The van der Waals surface area contributed by atoms with Crippen LogP contribution in [-0.4, -0.2) is 14.2 Å². The third-order valence-corrected chi connectivity index (χ3v) is 2.67. The molecule has 0 amide bonds. The summed E-state index contributed by atoms with van der Waals surface area (Å²) in [5, 5.41) is 0. The van der Waals surface area contributed by atoms with Crippen LogP contribution < -0.4 is 15.2 Å². The number of hydrogen-bond acceptors (Lipinski definition) is 3. The van der Waals surface area contributed by atoms with E-state index in [-0.39, 0.29) is 6.04 Å². The first-order valence-corrected chi connectivity index (χ1v) is 5.64. The van der Waals surface area contributed by atoms with Gasteiger partial charge in [-0.2, -0.15) is 0 Å². The molecule has 17 heavy (non-hydrogen) atoms. The summed E-state index contributed by atoms with van der Waals surface area (Å²) in [6, 6.07) is 5.57. The van der Waals surface area contributed by atoms with E-state index >= 15 is 0 Å². The number of nitrogens with two attached hydrogens (primary N) is 1. The molecule has 1 unspecified atom stereocenters. The van der Waals surface area contributed by atoms with Crippen molar-refractivity contribution in [3.8, 4) is 23.8 Å². The highest BCUT2D eigenvalue weighted by molar-refractivity contribution is 5.42. The van der Waals surface area contributed by atoms with E-state index in [2.05, 4.69) is 5.92 Å². The van der Waals surface area contributed by atoms with Crippen molar-refractivity contribution in [1.29, 1.82) is 0 Å². The fraction of sp³-hybridized carbons (Fsp3) is 0.429. The van der Waals surface area contributed by atoms with E-state index in [1.807, 2.05) is 18.2 Å². The molecule has 3 nitrogen and oxygen atoms in total. The van der Waals surface area contributed by atoms with Gasteiger partial charge >= 0.3 is 0 Å². The predicted octanol–water partition coefficient (Wildman–Crippen LogP) is 2.51. The van der Waals surface area contributed by atoms with Gasteiger partial charge in [-0.25, -0.2) is 0 Å². The number of rotatable bonds is 6. The molecule has 0 aliphatic heterocycles. The van der Waals surface area contributed by atoms with Crippen LogP contribution in [0.15, 0.2) is 18.2 Å². The Bertz CT molecular complexity index is 396. The van der Waals surface area contributed by atoms with Crippen molar-refractivity contribution in [3.05, 3.63) is 23.8 Å². The number of benzene rings is 1. The Labute approximate surface area is 103 Å². The SMILES string of the molecule is C#CCCCC(N)c1cc(OC)ccc1OC. The number of ether oxygens (including phenoxy) is 2. The van der Waals surface area contributed by atoms with Gasteiger partial charge in [-0.3, -0.25) is 0 Å². The highest BCUT2D eigenvalue weighted by Crippen LogP contribution is 2.30. The quantitative estimate of drug-likeness (QED) is 0.606. The lowest BCUT2D eigenvalue weighted by molar-refractivity contribution is 0.393. The van der Waals surface area contributed by atoms with Crippen LogP contribution in [0.1, 0.15) is 30.9 Å². The summed E-state index contributed by atoms with van der Waals surface area (Å²) in [6.07, 6.45) is 7.73. The number of methoxy groups -OCH3 is 2. The molecule has 0 saturated heterocycles. The van der Waals surface area contributed by atoms with E-state index in [0.717, 1.165) is 36.3 Å². The van der Waals surface area contributed by atoms with Gasteiger partial charge < -0.3 is 15.2 Å². The van der Waals surface area contributed by atoms with Crippen LogP contribution >= 0.6 is 0 Å². The Kier molecular flexibility index (Phi) is 5.38. The lowest BCUT2D eigenvalue weighted by Crippen LogP contribution is -2.11. The molecule has 0 radical (unpaired) electrons. The summed E-state index contributed by atoms with van der Waals surface area (Å²) in [7, 11) is 3.27. The molecule has 0 saturated carbocycles. The maximum Gasteiger partial charge on any atom is 0.123 e. The summed E-state index contributed by atoms with van der Waals surface area (Å²) >= 11 is 0. The number of terminal acetylenes is 1. The Morgan fingerprint density at radius 2 is 2.12 bits per heavy atom. The van der Waals surface area contributed by atoms with Crippen molar-refractivity contribution >= 4 is 0 Å². The zero-order valence-electron chi connectivity index (χ0n) is 10.4. The number of unbranched alkanes of at least 4 members (excludes halogenated alkanes) is 1. The number of hydrogen-bond donors (Lipinski definition) is 1. The molecule has 0 aromatic heterocycles. The van der Waals surface area contributed by atoms with Crippen molar-refractivity contribution in [2.75, 3.05) is 14.2 Å². The van der Waals surface area contributed by atoms with E-state index in [9.17, 15) is 0 Å². The third-order valence-electron chi connectivity index (χ3n) is 2.67. The third kappa shape index (κ3) is 3.69. The molecule has 1 atom stereocenters. The van der Waals surface area contributed by atoms with Gasteiger partial charge in [-0.05, 0) is 31.0 Å². The smallest absolute Gasteiger partial charge is 0.123 e. The fourth-order valence-corrected chi connectivity index (χ4v) is 1.71. The zero-order chi connectivity index (χ0) is 12.7. The van der Waals surface area contributed by atoms with E-state index in [4.69, 9.17) is 21.6 Å². The maximum absolute atomic E-state index is 6.13. The lowest BCUT2D eigenvalue weighted by Gasteiger charge is -2.16. The second-order valence-corrected chi connectivity index (χ2v) is 3.81. The summed E-state index contributed by atoms with van der Waals surface area (Å²) in [5.41, 5.74) is 7.09. The Balaban J connectivity index is 2.82. The fourth-order valence-electron chi connectivity index (χ4n) is 1.71. The first-order valence-electron chi connectivity index (χ1n) is 5.64. The summed E-state index contributed by atoms with van der Waals surface area (Å²) < 4.78 is 10.5. The molecule has 0 aliphatic rings. The minimum Gasteiger partial charge on any atom is -0.497 e. The Morgan fingerprint density at radius 3 is 2.71 bits per heavy atom. The van der Waals surface area contributed by atoms with Crippen LogP contribution in [0.25, 0.3) is 0 Å². The minimum atomic E-state index is -0.0756. The van der Waals surface area contributed by atoms with Gasteiger partial charge in [0.25, 0.3) is 0 Å². The van der Waals surface area contributed by atoms with Crippen LogP contribution in [0.5, 0.6) is 11.5 Å². The first-order chi connectivity index (χ1) is 8.22. The molecular weight excluding hydrogens is 214 g/mol. The molecule has 1 rings (SSSR count). The van der Waals surface area contributed by atoms with Gasteiger partial charge in [0.1, 0.15) is 11.5 Å². The Hall–Kier alpha value is -1.66. The molecular formula is C14H19NO2. The van der Waals surface area contributed by atoms with E-state index < -0.39 is 0 Å². The Morgan fingerprint density at radius 1 is 1.35 bits per heavy atom. The summed E-state index contributed by atoms with van der Waals surface area (Å²) in [5.74, 6) is 4.19. The summed E-state index contributed by atoms with van der Waals surface area (Å²) in [4.78, 5) is 0. The van der Waals surface area contributed by atoms with Gasteiger partial charge in [-0.15, -0.1) is 12.3 Å². The molecule has 0 spiro atoms. The second-order valence-electron chi connectivity index (χ2n) is 3.81. The van der Waals surface area contributed by atoms with Crippen molar-refractivity contribution < 1.29 is 9.47 Å². The molecule has 2 N–H and O–H groups in total. The van der Waals surface area contributed by atoms with E-state index in [1.165, 1.54) is 0 Å². The first kappa shape index (κ1) is 13.4. The van der Waals surface area contributed by atoms with Gasteiger partial charge in [0, 0.05) is 18.0 Å². The average Bonchev–Trinajstić information content (AvgIpc) is 2.38. The highest BCUT2D eigenvalue weighted by Gasteiger charge is 2.12. The average molecular weight is 233 g/mol. The maximum atomic E-state index is 6.13. The predicted molar refractivity (Wildman–Crippen MR) is 69.2 cm³/mol. The summed E-state index contributed by atoms with van der Waals surface area (Å²) in [6.45, 7) is 0. The molecule has 1 aromatic rings. The zero-order valence-corrected chi connectivity index (χ0v) is 10.4. The van der Waals surface area contributed by atoms with Gasteiger partial charge in [-0.1, -0.05) is 0 Å². The molecule has 0 bridgehead atoms. The topological polar surface area (TPSA) is 44.5 Å². The second kappa shape index (κ2) is 6.82.